The van der Waals surface area contributed by atoms with Crippen molar-refractivity contribution in [1.82, 2.24) is 4.57 Å². The second-order valence-electron chi connectivity index (χ2n) is 7.07. The predicted molar refractivity (Wildman–Crippen MR) is 101 cm³/mol. The van der Waals surface area contributed by atoms with E-state index < -0.39 is 17.8 Å². The molecule has 1 atom stereocenters. The van der Waals surface area contributed by atoms with Gasteiger partial charge in [0.15, 0.2) is 0 Å². The molecule has 3 nitrogen and oxygen atoms in total. The van der Waals surface area contributed by atoms with E-state index >= 15 is 0 Å². The third-order valence-corrected chi connectivity index (χ3v) is 5.23. The van der Waals surface area contributed by atoms with Crippen molar-refractivity contribution < 1.29 is 18.0 Å². The number of amides is 1. The van der Waals surface area contributed by atoms with Gasteiger partial charge in [-0.2, -0.15) is 13.2 Å². The molecule has 1 aromatic heterocycles. The van der Waals surface area contributed by atoms with Crippen LogP contribution in [0.4, 0.5) is 18.9 Å². The summed E-state index contributed by atoms with van der Waals surface area (Å²) in [4.78, 5) is 15.0. The van der Waals surface area contributed by atoms with Crippen molar-refractivity contribution in [3.05, 3.63) is 88.7 Å². The molecular weight excluding hydrogens is 365 g/mol. The van der Waals surface area contributed by atoms with Crippen molar-refractivity contribution in [2.45, 2.75) is 32.6 Å². The number of rotatable bonds is 3. The van der Waals surface area contributed by atoms with Crippen LogP contribution in [0.3, 0.4) is 0 Å². The van der Waals surface area contributed by atoms with Gasteiger partial charge >= 0.3 is 6.18 Å². The molecule has 6 heteroatoms. The molecule has 1 aliphatic heterocycles. The van der Waals surface area contributed by atoms with E-state index in [1.807, 2.05) is 54.8 Å². The minimum Gasteiger partial charge on any atom is -0.333 e. The normalized spacial score (nSPS) is 16.5. The minimum atomic E-state index is -4.37. The average molecular weight is 384 g/mol. The lowest BCUT2D eigenvalue weighted by Gasteiger charge is -2.20. The number of aromatic nitrogens is 1. The highest BCUT2D eigenvalue weighted by Gasteiger charge is 2.39. The van der Waals surface area contributed by atoms with Gasteiger partial charge in [0.25, 0.3) is 5.91 Å². The van der Waals surface area contributed by atoms with Crippen LogP contribution in [0.25, 0.3) is 0 Å². The van der Waals surface area contributed by atoms with Gasteiger partial charge in [0.05, 0.1) is 12.1 Å². The van der Waals surface area contributed by atoms with Crippen molar-refractivity contribution in [1.29, 1.82) is 0 Å². The van der Waals surface area contributed by atoms with Crippen LogP contribution in [0.1, 0.15) is 34.1 Å². The SMILES string of the molecule is Cc1ccc(C)n1C1C(=O)N(Cc2ccc(C(F)(F)F)cc2)c2ccccc21. The lowest BCUT2D eigenvalue weighted by atomic mass is 10.1. The molecule has 28 heavy (non-hydrogen) atoms. The molecule has 1 amide bonds. The average Bonchev–Trinajstić information content (AvgIpc) is 3.12. The van der Waals surface area contributed by atoms with Gasteiger partial charge in [-0.05, 0) is 49.7 Å². The lowest BCUT2D eigenvalue weighted by molar-refractivity contribution is -0.137. The number of carbonyl (C=O) groups excluding carboxylic acids is 1. The monoisotopic (exact) mass is 384 g/mol. The van der Waals surface area contributed by atoms with Gasteiger partial charge in [0.2, 0.25) is 0 Å². The number of nitrogens with zero attached hydrogens (tertiary/aromatic N) is 2. The topological polar surface area (TPSA) is 25.2 Å². The van der Waals surface area contributed by atoms with Gasteiger partial charge in [-0.3, -0.25) is 4.79 Å². The number of hydrogen-bond acceptors (Lipinski definition) is 1. The van der Waals surface area contributed by atoms with E-state index in [1.165, 1.54) is 12.1 Å². The maximum Gasteiger partial charge on any atom is 0.416 e. The Balaban J connectivity index is 1.70. The molecule has 0 saturated carbocycles. The highest BCUT2D eigenvalue weighted by molar-refractivity contribution is 6.04. The van der Waals surface area contributed by atoms with E-state index in [-0.39, 0.29) is 12.5 Å². The number of carbonyl (C=O) groups is 1. The summed E-state index contributed by atoms with van der Waals surface area (Å²) < 4.78 is 40.4. The number of fused-ring (bicyclic) bond motifs is 1. The van der Waals surface area contributed by atoms with E-state index in [0.717, 1.165) is 34.8 Å². The van der Waals surface area contributed by atoms with Gasteiger partial charge in [-0.1, -0.05) is 30.3 Å². The first-order valence-electron chi connectivity index (χ1n) is 8.98. The van der Waals surface area contributed by atoms with Crippen molar-refractivity contribution in [3.63, 3.8) is 0 Å². The first kappa shape index (κ1) is 18.3. The Kier molecular flexibility index (Phi) is 4.29. The molecule has 0 spiro atoms. The molecule has 0 aliphatic carbocycles. The van der Waals surface area contributed by atoms with E-state index in [9.17, 15) is 18.0 Å². The van der Waals surface area contributed by atoms with E-state index in [1.54, 1.807) is 4.90 Å². The number of benzene rings is 2. The minimum absolute atomic E-state index is 0.0801. The van der Waals surface area contributed by atoms with Crippen LogP contribution in [-0.4, -0.2) is 10.5 Å². The third-order valence-electron chi connectivity index (χ3n) is 5.23. The van der Waals surface area contributed by atoms with Gasteiger partial charge in [-0.25, -0.2) is 0 Å². The number of aryl methyl sites for hydroxylation is 2. The molecule has 0 fully saturated rings. The second kappa shape index (κ2) is 6.55. The summed E-state index contributed by atoms with van der Waals surface area (Å²) in [6.07, 6.45) is -4.37. The summed E-state index contributed by atoms with van der Waals surface area (Å²) in [5, 5.41) is 0. The van der Waals surface area contributed by atoms with Gasteiger partial charge in [-0.15, -0.1) is 0 Å². The van der Waals surface area contributed by atoms with Crippen LogP contribution < -0.4 is 4.90 Å². The van der Waals surface area contributed by atoms with Gasteiger partial charge in [0, 0.05) is 22.6 Å². The molecule has 0 N–H and O–H groups in total. The molecule has 4 rings (SSSR count). The highest BCUT2D eigenvalue weighted by atomic mass is 19.4. The van der Waals surface area contributed by atoms with Crippen LogP contribution in [0.5, 0.6) is 0 Å². The zero-order valence-electron chi connectivity index (χ0n) is 15.5. The number of halogens is 3. The molecule has 1 aliphatic rings. The molecule has 144 valence electrons. The molecule has 0 radical (unpaired) electrons. The fourth-order valence-electron chi connectivity index (χ4n) is 3.85. The first-order chi connectivity index (χ1) is 13.3. The zero-order valence-corrected chi connectivity index (χ0v) is 15.5. The summed E-state index contributed by atoms with van der Waals surface area (Å²) in [5.41, 5.74) is 3.63. The van der Waals surface area contributed by atoms with Gasteiger partial charge < -0.3 is 9.47 Å². The van der Waals surface area contributed by atoms with E-state index in [4.69, 9.17) is 0 Å². The number of anilines is 1. The molecule has 2 heterocycles. The maximum absolute atomic E-state index is 13.3. The second-order valence-corrected chi connectivity index (χ2v) is 7.07. The molecule has 3 aromatic rings. The van der Waals surface area contributed by atoms with Crippen molar-refractivity contribution in [2.24, 2.45) is 0 Å². The van der Waals surface area contributed by atoms with E-state index in [2.05, 4.69) is 0 Å². The lowest BCUT2D eigenvalue weighted by Crippen LogP contribution is -2.31. The highest BCUT2D eigenvalue weighted by Crippen LogP contribution is 2.40. The Hall–Kier alpha value is -3.02. The Morgan fingerprint density at radius 3 is 2.11 bits per heavy atom. The maximum atomic E-state index is 13.3. The first-order valence-corrected chi connectivity index (χ1v) is 8.98. The molecule has 0 saturated heterocycles. The summed E-state index contributed by atoms with van der Waals surface area (Å²) in [7, 11) is 0. The zero-order chi connectivity index (χ0) is 20.1. The number of para-hydroxylation sites is 1. The van der Waals surface area contributed by atoms with E-state index in [0.29, 0.717) is 5.56 Å². The molecular formula is C22H19F3N2O. The smallest absolute Gasteiger partial charge is 0.333 e. The van der Waals surface area contributed by atoms with Crippen LogP contribution in [0.15, 0.2) is 60.7 Å². The van der Waals surface area contributed by atoms with Crippen LogP contribution >= 0.6 is 0 Å². The van der Waals surface area contributed by atoms with Crippen molar-refractivity contribution >= 4 is 11.6 Å². The van der Waals surface area contributed by atoms with Crippen LogP contribution in [-0.2, 0) is 17.5 Å². The molecule has 2 aromatic carbocycles. The summed E-state index contributed by atoms with van der Waals surface area (Å²) in [6, 6.07) is 16.0. The van der Waals surface area contributed by atoms with Crippen LogP contribution in [0.2, 0.25) is 0 Å². The number of alkyl halides is 3. The quantitative estimate of drug-likeness (QED) is 0.605. The van der Waals surface area contributed by atoms with Gasteiger partial charge in [0.1, 0.15) is 6.04 Å². The van der Waals surface area contributed by atoms with Crippen LogP contribution in [0, 0.1) is 13.8 Å². The Morgan fingerprint density at radius 2 is 1.50 bits per heavy atom. The van der Waals surface area contributed by atoms with Crippen molar-refractivity contribution in [3.8, 4) is 0 Å². The summed E-state index contributed by atoms with van der Waals surface area (Å²) in [6.45, 7) is 4.15. The summed E-state index contributed by atoms with van der Waals surface area (Å²) >= 11 is 0. The standard InChI is InChI=1S/C22H19F3N2O/c1-14-7-8-15(2)27(14)20-18-5-3-4-6-19(18)26(21(20)28)13-16-9-11-17(12-10-16)22(23,24)25/h3-12,20H,13H2,1-2H3. The third kappa shape index (κ3) is 2.99. The molecule has 1 unspecified atom stereocenters. The fraction of sp³-hybridized carbons (Fsp3) is 0.227. The number of hydrogen-bond donors (Lipinski definition) is 0. The molecule has 0 bridgehead atoms. The fourth-order valence-corrected chi connectivity index (χ4v) is 3.85. The Labute approximate surface area is 161 Å². The predicted octanol–water partition coefficient (Wildman–Crippen LogP) is 5.26. The largest absolute Gasteiger partial charge is 0.416 e. The Morgan fingerprint density at radius 1 is 0.893 bits per heavy atom. The summed E-state index contributed by atoms with van der Waals surface area (Å²) in [5.74, 6) is -0.0801. The van der Waals surface area contributed by atoms with Crippen molar-refractivity contribution in [2.75, 3.05) is 4.90 Å². The Bertz CT molecular complexity index is 1020.